The molecule has 3 nitrogen and oxygen atoms in total. The first-order chi connectivity index (χ1) is 15.1. The van der Waals surface area contributed by atoms with Crippen molar-refractivity contribution in [3.05, 3.63) is 0 Å². The summed E-state index contributed by atoms with van der Waals surface area (Å²) in [6.07, 6.45) is 14.7. The Labute approximate surface area is 196 Å². The lowest BCUT2D eigenvalue weighted by atomic mass is 9.44. The predicted molar refractivity (Wildman–Crippen MR) is 128 cm³/mol. The average molecular weight is 445 g/mol. The molecular weight excluding hydrogens is 396 g/mol. The van der Waals surface area contributed by atoms with E-state index in [1.165, 1.54) is 57.8 Å². The molecule has 1 aliphatic heterocycles. The topological polar surface area (TPSA) is 35.5 Å². The molecule has 3 heteroatoms. The van der Waals surface area contributed by atoms with Crippen LogP contribution in [0.15, 0.2) is 0 Å². The molecule has 1 saturated heterocycles. The molecule has 5 aliphatic rings. The van der Waals surface area contributed by atoms with Gasteiger partial charge in [0.1, 0.15) is 5.78 Å². The second kappa shape index (κ2) is 8.08. The fourth-order valence-electron chi connectivity index (χ4n) is 10.1. The van der Waals surface area contributed by atoms with E-state index < -0.39 is 5.79 Å². The molecule has 0 radical (unpaired) electrons. The zero-order chi connectivity index (χ0) is 22.9. The number of Topliss-reactive ketones (excluding diaryl/α,β-unsaturated/α-hetero) is 1. The Kier molecular flexibility index (Phi) is 5.89. The minimum absolute atomic E-state index is 0.315. The number of ether oxygens (including phenoxy) is 2. The molecule has 5 rings (SSSR count). The first-order valence-electron chi connectivity index (χ1n) is 13.9. The number of carbonyl (C=O) groups excluding carboxylic acids is 1. The van der Waals surface area contributed by atoms with Crippen molar-refractivity contribution in [2.45, 2.75) is 130 Å². The van der Waals surface area contributed by atoms with Crippen molar-refractivity contribution in [3.8, 4) is 0 Å². The molecule has 182 valence electrons. The van der Waals surface area contributed by atoms with Crippen LogP contribution in [0.1, 0.15) is 112 Å². The second-order valence-corrected chi connectivity index (χ2v) is 13.5. The van der Waals surface area contributed by atoms with E-state index >= 15 is 0 Å². The summed E-state index contributed by atoms with van der Waals surface area (Å²) >= 11 is 0. The Morgan fingerprint density at radius 1 is 0.875 bits per heavy atom. The lowest BCUT2D eigenvalue weighted by Gasteiger charge is -2.62. The number of carbonyl (C=O) groups is 1. The average Bonchev–Trinajstić information content (AvgIpc) is 3.22. The highest BCUT2D eigenvalue weighted by Gasteiger charge is 2.64. The molecular formula is C29H48O3. The monoisotopic (exact) mass is 444 g/mol. The maximum atomic E-state index is 11.4. The smallest absolute Gasteiger partial charge is 0.163 e. The molecule has 0 amide bonds. The van der Waals surface area contributed by atoms with E-state index in [4.69, 9.17) is 9.47 Å². The van der Waals surface area contributed by atoms with Crippen LogP contribution in [0.2, 0.25) is 0 Å². The van der Waals surface area contributed by atoms with E-state index in [9.17, 15) is 4.79 Å². The summed E-state index contributed by atoms with van der Waals surface area (Å²) in [5.41, 5.74) is 0.951. The summed E-state index contributed by atoms with van der Waals surface area (Å²) in [6.45, 7) is 13.7. The van der Waals surface area contributed by atoms with Gasteiger partial charge in [-0.2, -0.15) is 0 Å². The molecule has 0 bridgehead atoms. The van der Waals surface area contributed by atoms with Crippen molar-refractivity contribution in [3.63, 3.8) is 0 Å². The number of fused-ring (bicyclic) bond motifs is 7. The normalized spacial score (nSPS) is 50.1. The van der Waals surface area contributed by atoms with Gasteiger partial charge < -0.3 is 14.3 Å². The van der Waals surface area contributed by atoms with Gasteiger partial charge in [-0.05, 0) is 125 Å². The van der Waals surface area contributed by atoms with E-state index in [1.807, 2.05) is 0 Å². The van der Waals surface area contributed by atoms with Gasteiger partial charge in [-0.3, -0.25) is 0 Å². The van der Waals surface area contributed by atoms with Crippen LogP contribution in [0, 0.1) is 46.3 Å². The van der Waals surface area contributed by atoms with Crippen molar-refractivity contribution < 1.29 is 14.3 Å². The SMILES string of the molecule is CC(=O)CCC[C@@H](C)[C@H]1CC[C@H]2[C@@H]3CC[C@H]4[C@H]5OC(C)(C)O[C@H]5CC[C@]4(C)[C@H]3CC[C@]12C. The highest BCUT2D eigenvalue weighted by atomic mass is 16.8. The third-order valence-corrected chi connectivity index (χ3v) is 11.5. The van der Waals surface area contributed by atoms with Crippen molar-refractivity contribution >= 4 is 5.78 Å². The highest BCUT2D eigenvalue weighted by Crippen LogP contribution is 2.69. The Balaban J connectivity index is 1.31. The van der Waals surface area contributed by atoms with Crippen molar-refractivity contribution in [2.24, 2.45) is 46.3 Å². The van der Waals surface area contributed by atoms with Crippen molar-refractivity contribution in [1.29, 1.82) is 0 Å². The van der Waals surface area contributed by atoms with Gasteiger partial charge in [-0.25, -0.2) is 0 Å². The molecule has 0 unspecified atom stereocenters. The number of hydrogen-bond acceptors (Lipinski definition) is 3. The quantitative estimate of drug-likeness (QED) is 0.451. The van der Waals surface area contributed by atoms with Crippen LogP contribution >= 0.6 is 0 Å². The standard InChI is InChI=1S/C29H48O3/c1-18(8-7-9-19(2)30)21-12-13-22-20-10-11-24-26-25(31-27(3,4)32-26)15-17-29(24,6)23(20)14-16-28(21,22)5/h18,20-26H,7-17H2,1-6H3/t18-,20+,21-,22+,23+,24+,25+,26-,28-,29-/m1/s1. The molecule has 4 aliphatic carbocycles. The Morgan fingerprint density at radius 2 is 1.56 bits per heavy atom. The summed E-state index contributed by atoms with van der Waals surface area (Å²) in [7, 11) is 0. The van der Waals surface area contributed by atoms with Crippen LogP contribution < -0.4 is 0 Å². The van der Waals surface area contributed by atoms with Gasteiger partial charge in [-0.15, -0.1) is 0 Å². The maximum Gasteiger partial charge on any atom is 0.163 e. The van der Waals surface area contributed by atoms with Gasteiger partial charge in [0.2, 0.25) is 0 Å². The fraction of sp³-hybridized carbons (Fsp3) is 0.966. The molecule has 4 saturated carbocycles. The van der Waals surface area contributed by atoms with Gasteiger partial charge in [-0.1, -0.05) is 27.2 Å². The summed E-state index contributed by atoms with van der Waals surface area (Å²) in [6, 6.07) is 0. The van der Waals surface area contributed by atoms with Crippen molar-refractivity contribution in [2.75, 3.05) is 0 Å². The number of hydrogen-bond donors (Lipinski definition) is 0. The first-order valence-corrected chi connectivity index (χ1v) is 13.9. The summed E-state index contributed by atoms with van der Waals surface area (Å²) in [5.74, 6) is 4.94. The zero-order valence-electron chi connectivity index (χ0n) is 21.6. The molecule has 0 aromatic rings. The molecule has 0 N–H and O–H groups in total. The molecule has 5 fully saturated rings. The van der Waals surface area contributed by atoms with E-state index in [0.29, 0.717) is 34.7 Å². The van der Waals surface area contributed by atoms with Gasteiger partial charge >= 0.3 is 0 Å². The third-order valence-electron chi connectivity index (χ3n) is 11.5. The fourth-order valence-corrected chi connectivity index (χ4v) is 10.1. The van der Waals surface area contributed by atoms with Crippen LogP contribution in [0.4, 0.5) is 0 Å². The molecule has 0 aromatic carbocycles. The van der Waals surface area contributed by atoms with E-state index in [1.54, 1.807) is 6.92 Å². The lowest BCUT2D eigenvalue weighted by molar-refractivity contribution is -0.170. The second-order valence-electron chi connectivity index (χ2n) is 13.5. The van der Waals surface area contributed by atoms with Crippen LogP contribution in [0.5, 0.6) is 0 Å². The Morgan fingerprint density at radius 3 is 2.31 bits per heavy atom. The molecule has 32 heavy (non-hydrogen) atoms. The summed E-state index contributed by atoms with van der Waals surface area (Å²) < 4.78 is 12.8. The third kappa shape index (κ3) is 3.63. The number of rotatable bonds is 5. The molecule has 1 heterocycles. The minimum Gasteiger partial charge on any atom is -0.345 e. The minimum atomic E-state index is -0.403. The summed E-state index contributed by atoms with van der Waals surface area (Å²) in [4.78, 5) is 11.4. The largest absolute Gasteiger partial charge is 0.345 e. The maximum absolute atomic E-state index is 11.4. The van der Waals surface area contributed by atoms with Crippen LogP contribution in [-0.2, 0) is 14.3 Å². The predicted octanol–water partition coefficient (Wildman–Crippen LogP) is 7.17. The van der Waals surface area contributed by atoms with Crippen LogP contribution in [0.3, 0.4) is 0 Å². The van der Waals surface area contributed by atoms with Gasteiger partial charge in [0.25, 0.3) is 0 Å². The zero-order valence-corrected chi connectivity index (χ0v) is 21.6. The van der Waals surface area contributed by atoms with E-state index in [-0.39, 0.29) is 0 Å². The lowest BCUT2D eigenvalue weighted by Crippen LogP contribution is -2.57. The van der Waals surface area contributed by atoms with E-state index in [2.05, 4.69) is 34.6 Å². The van der Waals surface area contributed by atoms with Crippen molar-refractivity contribution in [1.82, 2.24) is 0 Å². The van der Waals surface area contributed by atoms with E-state index in [0.717, 1.165) is 42.4 Å². The summed E-state index contributed by atoms with van der Waals surface area (Å²) in [5, 5.41) is 0. The van der Waals surface area contributed by atoms with Crippen LogP contribution in [-0.4, -0.2) is 23.8 Å². The first kappa shape index (κ1) is 23.3. The Hall–Kier alpha value is -0.410. The van der Waals surface area contributed by atoms with Gasteiger partial charge in [0, 0.05) is 6.42 Å². The van der Waals surface area contributed by atoms with Gasteiger partial charge in [0.05, 0.1) is 12.2 Å². The molecule has 10 atom stereocenters. The number of ketones is 1. The van der Waals surface area contributed by atoms with Gasteiger partial charge in [0.15, 0.2) is 5.79 Å². The van der Waals surface area contributed by atoms with Crippen LogP contribution in [0.25, 0.3) is 0 Å². The molecule has 0 spiro atoms. The molecule has 0 aromatic heterocycles. The Bertz CT molecular complexity index is 730. The highest BCUT2D eigenvalue weighted by molar-refractivity contribution is 5.75.